The summed E-state index contributed by atoms with van der Waals surface area (Å²) in [6, 6.07) is 0. The van der Waals surface area contributed by atoms with Gasteiger partial charge >= 0.3 is 11.9 Å². The van der Waals surface area contributed by atoms with E-state index in [2.05, 4.69) is 13.2 Å². The van der Waals surface area contributed by atoms with Gasteiger partial charge in [-0.05, 0) is 56.8 Å². The van der Waals surface area contributed by atoms with Crippen LogP contribution < -0.4 is 0 Å². The molecule has 0 radical (unpaired) electrons. The number of hydrogen-bond donors (Lipinski definition) is 0. The number of unbranched alkanes of at least 4 members (excludes halogenated alkanes) is 2. The van der Waals surface area contributed by atoms with E-state index in [9.17, 15) is 9.59 Å². The van der Waals surface area contributed by atoms with Gasteiger partial charge in [0.25, 0.3) is 0 Å². The van der Waals surface area contributed by atoms with Gasteiger partial charge in [0.15, 0.2) is 0 Å². The molecule has 1 saturated carbocycles. The van der Waals surface area contributed by atoms with E-state index >= 15 is 0 Å². The van der Waals surface area contributed by atoms with E-state index < -0.39 is 0 Å². The van der Waals surface area contributed by atoms with Crippen molar-refractivity contribution < 1.29 is 19.1 Å². The lowest BCUT2D eigenvalue weighted by Crippen LogP contribution is -2.24. The Labute approximate surface area is 146 Å². The van der Waals surface area contributed by atoms with Crippen LogP contribution in [0.15, 0.2) is 25.3 Å². The fraction of sp³-hybridized carbons (Fsp3) is 0.700. The fourth-order valence-corrected chi connectivity index (χ4v) is 3.59. The highest BCUT2D eigenvalue weighted by molar-refractivity contribution is 5.81. The predicted octanol–water partition coefficient (Wildman–Crippen LogP) is 4.74. The summed E-state index contributed by atoms with van der Waals surface area (Å²) >= 11 is 0. The van der Waals surface area contributed by atoms with E-state index in [-0.39, 0.29) is 11.9 Å². The summed E-state index contributed by atoms with van der Waals surface area (Å²) in [5.74, 6) is -0.673. The minimum Gasteiger partial charge on any atom is -0.463 e. The molecule has 1 fully saturated rings. The van der Waals surface area contributed by atoms with Crippen molar-refractivity contribution in [3.8, 4) is 0 Å². The Kier molecular flexibility index (Phi) is 10.1. The summed E-state index contributed by atoms with van der Waals surface area (Å²) in [5, 5.41) is 0. The lowest BCUT2D eigenvalue weighted by Gasteiger charge is -2.38. The smallest absolute Gasteiger partial charge is 0.330 e. The summed E-state index contributed by atoms with van der Waals surface area (Å²) in [6.45, 7) is 7.76. The topological polar surface area (TPSA) is 52.6 Å². The van der Waals surface area contributed by atoms with Crippen molar-refractivity contribution in [2.45, 2.75) is 70.6 Å². The quantitative estimate of drug-likeness (QED) is 0.293. The van der Waals surface area contributed by atoms with Gasteiger partial charge in [-0.25, -0.2) is 9.59 Å². The maximum atomic E-state index is 11.0. The van der Waals surface area contributed by atoms with Crippen LogP contribution in [0.5, 0.6) is 0 Å². The average Bonchev–Trinajstić information content (AvgIpc) is 2.61. The molecular weight excluding hydrogens is 304 g/mol. The second-order valence-corrected chi connectivity index (χ2v) is 6.72. The molecule has 1 rings (SSSR count). The maximum absolute atomic E-state index is 11.0. The number of esters is 2. The molecule has 0 N–H and O–H groups in total. The number of carbonyl (C=O) groups excluding carboxylic acids is 2. The number of carbonyl (C=O) groups is 2. The van der Waals surface area contributed by atoms with Crippen LogP contribution in [0.3, 0.4) is 0 Å². The lowest BCUT2D eigenvalue weighted by molar-refractivity contribution is -0.138. The molecular formula is C20H32O4. The van der Waals surface area contributed by atoms with Gasteiger partial charge in [0.05, 0.1) is 13.2 Å². The molecule has 1 aliphatic rings. The van der Waals surface area contributed by atoms with Gasteiger partial charge in [0.2, 0.25) is 0 Å². The van der Waals surface area contributed by atoms with Crippen LogP contribution in [0, 0.1) is 5.41 Å². The molecule has 0 spiro atoms. The molecule has 0 saturated heterocycles. The summed E-state index contributed by atoms with van der Waals surface area (Å²) in [4.78, 5) is 22.1. The minimum atomic E-state index is -0.337. The Morgan fingerprint density at radius 2 is 1.25 bits per heavy atom. The Morgan fingerprint density at radius 3 is 1.67 bits per heavy atom. The minimum absolute atomic E-state index is 0.337. The van der Waals surface area contributed by atoms with E-state index in [1.54, 1.807) is 0 Å². The Morgan fingerprint density at radius 1 is 0.792 bits per heavy atom. The second kappa shape index (κ2) is 11.9. The van der Waals surface area contributed by atoms with Crippen molar-refractivity contribution in [2.75, 3.05) is 13.2 Å². The van der Waals surface area contributed by atoms with Gasteiger partial charge in [-0.15, -0.1) is 0 Å². The first-order chi connectivity index (χ1) is 11.6. The highest BCUT2D eigenvalue weighted by Gasteiger charge is 2.30. The van der Waals surface area contributed by atoms with Crippen LogP contribution in [0.25, 0.3) is 0 Å². The molecule has 0 aliphatic heterocycles. The van der Waals surface area contributed by atoms with Gasteiger partial charge < -0.3 is 9.47 Å². The molecule has 136 valence electrons. The van der Waals surface area contributed by atoms with Gasteiger partial charge in [-0.3, -0.25) is 0 Å². The molecule has 4 heteroatoms. The number of rotatable bonds is 12. The molecule has 0 aromatic heterocycles. The summed E-state index contributed by atoms with van der Waals surface area (Å²) in [6.07, 6.45) is 15.4. The predicted molar refractivity (Wildman–Crippen MR) is 95.5 cm³/mol. The zero-order chi connectivity index (χ0) is 17.7. The zero-order valence-corrected chi connectivity index (χ0v) is 14.9. The van der Waals surface area contributed by atoms with E-state index in [4.69, 9.17) is 9.47 Å². The standard InChI is InChI=1S/C20H32O4/c1-3-18(21)23-16-10-8-14-20(12-6-5-7-13-20)15-9-11-17-24-19(22)4-2/h3-4H,1-2,5-17H2. The molecule has 0 aromatic carbocycles. The third-order valence-electron chi connectivity index (χ3n) is 4.94. The highest BCUT2D eigenvalue weighted by Crippen LogP contribution is 2.44. The molecule has 4 nitrogen and oxygen atoms in total. The van der Waals surface area contributed by atoms with E-state index in [0.29, 0.717) is 18.6 Å². The summed E-state index contributed by atoms with van der Waals surface area (Å²) in [7, 11) is 0. The van der Waals surface area contributed by atoms with Gasteiger partial charge in [0, 0.05) is 12.2 Å². The molecule has 0 atom stereocenters. The SMILES string of the molecule is C=CC(=O)OCCCCC1(CCCCOC(=O)C=C)CCCCC1. The van der Waals surface area contributed by atoms with E-state index in [1.807, 2.05) is 0 Å². The molecule has 0 aromatic rings. The zero-order valence-electron chi connectivity index (χ0n) is 14.9. The first kappa shape index (κ1) is 20.5. The molecule has 0 heterocycles. The molecule has 24 heavy (non-hydrogen) atoms. The molecule has 0 bridgehead atoms. The van der Waals surface area contributed by atoms with E-state index in [0.717, 1.165) is 25.7 Å². The van der Waals surface area contributed by atoms with Gasteiger partial charge in [-0.1, -0.05) is 32.4 Å². The third-order valence-corrected chi connectivity index (χ3v) is 4.94. The Balaban J connectivity index is 2.26. The van der Waals surface area contributed by atoms with Crippen molar-refractivity contribution >= 4 is 11.9 Å². The Hall–Kier alpha value is -1.58. The third kappa shape index (κ3) is 8.32. The normalized spacial score (nSPS) is 16.2. The number of ether oxygens (including phenoxy) is 2. The van der Waals surface area contributed by atoms with Crippen LogP contribution in [0.4, 0.5) is 0 Å². The summed E-state index contributed by atoms with van der Waals surface area (Å²) in [5.41, 5.74) is 0.434. The van der Waals surface area contributed by atoms with Crippen molar-refractivity contribution in [2.24, 2.45) is 5.41 Å². The summed E-state index contributed by atoms with van der Waals surface area (Å²) < 4.78 is 10.1. The van der Waals surface area contributed by atoms with Crippen LogP contribution >= 0.6 is 0 Å². The van der Waals surface area contributed by atoms with Crippen molar-refractivity contribution in [3.63, 3.8) is 0 Å². The highest BCUT2D eigenvalue weighted by atomic mass is 16.5. The fourth-order valence-electron chi connectivity index (χ4n) is 3.59. The largest absolute Gasteiger partial charge is 0.463 e. The average molecular weight is 336 g/mol. The van der Waals surface area contributed by atoms with Crippen molar-refractivity contribution in [1.82, 2.24) is 0 Å². The van der Waals surface area contributed by atoms with Crippen molar-refractivity contribution in [1.29, 1.82) is 0 Å². The number of hydrogen-bond acceptors (Lipinski definition) is 4. The van der Waals surface area contributed by atoms with Crippen molar-refractivity contribution in [3.05, 3.63) is 25.3 Å². The monoisotopic (exact) mass is 336 g/mol. The molecule has 1 aliphatic carbocycles. The first-order valence-corrected chi connectivity index (χ1v) is 9.20. The van der Waals surface area contributed by atoms with Gasteiger partial charge in [-0.2, -0.15) is 0 Å². The Bertz CT molecular complexity index is 376. The maximum Gasteiger partial charge on any atom is 0.330 e. The molecule has 0 amide bonds. The lowest BCUT2D eigenvalue weighted by atomic mass is 9.68. The van der Waals surface area contributed by atoms with E-state index in [1.165, 1.54) is 57.1 Å². The second-order valence-electron chi connectivity index (χ2n) is 6.72. The van der Waals surface area contributed by atoms with Crippen LogP contribution in [0.2, 0.25) is 0 Å². The van der Waals surface area contributed by atoms with Gasteiger partial charge in [0.1, 0.15) is 0 Å². The van der Waals surface area contributed by atoms with Crippen LogP contribution in [-0.4, -0.2) is 25.2 Å². The van der Waals surface area contributed by atoms with Crippen LogP contribution in [0.1, 0.15) is 70.6 Å². The first-order valence-electron chi connectivity index (χ1n) is 9.20. The van der Waals surface area contributed by atoms with Crippen LogP contribution in [-0.2, 0) is 19.1 Å². The molecule has 0 unspecified atom stereocenters.